The molecule has 6 heteroatoms. The van der Waals surface area contributed by atoms with Gasteiger partial charge < -0.3 is 10.1 Å². The van der Waals surface area contributed by atoms with Crippen LogP contribution in [-0.4, -0.2) is 30.4 Å². The number of hydrogen-bond donors (Lipinski definition) is 1. The first-order chi connectivity index (χ1) is 9.77. The maximum absolute atomic E-state index is 11.6. The fourth-order valence-corrected chi connectivity index (χ4v) is 3.17. The molecule has 0 saturated heterocycles. The van der Waals surface area contributed by atoms with Crippen molar-refractivity contribution in [2.45, 2.75) is 34.6 Å². The molecule has 0 unspecified atom stereocenters. The summed E-state index contributed by atoms with van der Waals surface area (Å²) < 4.78 is 4.67. The molecule has 0 saturated carbocycles. The maximum Gasteiger partial charge on any atom is 0.358 e. The molecule has 0 aromatic carbocycles. The van der Waals surface area contributed by atoms with Gasteiger partial charge in [0.2, 0.25) is 0 Å². The Balaban J connectivity index is 2.90. The monoisotopic (exact) mass is 312 g/mol. The maximum atomic E-state index is 11.6. The normalized spacial score (nSPS) is 11.3. The van der Waals surface area contributed by atoms with Crippen LogP contribution in [0.1, 0.15) is 54.8 Å². The van der Waals surface area contributed by atoms with Crippen molar-refractivity contribution in [2.24, 2.45) is 17.8 Å². The summed E-state index contributed by atoms with van der Waals surface area (Å²) in [7, 11) is 1.28. The minimum absolute atomic E-state index is 0.100. The minimum Gasteiger partial charge on any atom is -0.464 e. The molecule has 0 aliphatic carbocycles. The molecule has 1 rings (SSSR count). The number of anilines is 1. The first-order valence-electron chi connectivity index (χ1n) is 7.11. The molecule has 5 nitrogen and oxygen atoms in total. The molecular weight excluding hydrogens is 288 g/mol. The number of methoxy groups -OCH3 is 1. The minimum atomic E-state index is -0.575. The second-order valence-corrected chi connectivity index (χ2v) is 6.78. The fourth-order valence-electron chi connectivity index (χ4n) is 2.32. The first kappa shape index (κ1) is 17.6. The van der Waals surface area contributed by atoms with Gasteiger partial charge in [-0.25, -0.2) is 9.78 Å². The average Bonchev–Trinajstić information content (AvgIpc) is 2.81. The third-order valence-electron chi connectivity index (χ3n) is 3.53. The Morgan fingerprint density at radius 2 is 1.81 bits per heavy atom. The van der Waals surface area contributed by atoms with Crippen LogP contribution >= 0.6 is 11.3 Å². The van der Waals surface area contributed by atoms with Crippen LogP contribution in [0.2, 0.25) is 0 Å². The molecule has 118 valence electrons. The van der Waals surface area contributed by atoms with Crippen LogP contribution in [0.5, 0.6) is 0 Å². The van der Waals surface area contributed by atoms with Gasteiger partial charge in [-0.15, -0.1) is 0 Å². The highest BCUT2D eigenvalue weighted by molar-refractivity contribution is 7.17. The lowest BCUT2D eigenvalue weighted by atomic mass is 9.86. The van der Waals surface area contributed by atoms with Crippen molar-refractivity contribution in [2.75, 3.05) is 19.0 Å². The summed E-state index contributed by atoms with van der Waals surface area (Å²) in [5.41, 5.74) is 0.100. The number of esters is 1. The number of ether oxygens (including phenoxy) is 1. The summed E-state index contributed by atoms with van der Waals surface area (Å²) in [6.07, 6.45) is 0. The van der Waals surface area contributed by atoms with Gasteiger partial charge >= 0.3 is 5.97 Å². The number of thiazole rings is 1. The van der Waals surface area contributed by atoms with E-state index in [-0.39, 0.29) is 11.5 Å². The molecule has 0 fully saturated rings. The Labute approximate surface area is 130 Å². The Kier molecular flexibility index (Phi) is 6.33. The number of aromatic nitrogens is 1. The number of hydrogen-bond acceptors (Lipinski definition) is 6. The molecule has 1 heterocycles. The van der Waals surface area contributed by atoms with E-state index in [0.29, 0.717) is 27.8 Å². The second-order valence-electron chi connectivity index (χ2n) is 5.78. The number of Topliss-reactive ketones (excluding diaryl/α,β-unsaturated/α-hetero) is 1. The number of nitrogens with zero attached hydrogens (tertiary/aromatic N) is 1. The Morgan fingerprint density at radius 3 is 2.24 bits per heavy atom. The van der Waals surface area contributed by atoms with E-state index in [9.17, 15) is 9.59 Å². The van der Waals surface area contributed by atoms with Gasteiger partial charge in [-0.05, 0) is 17.8 Å². The zero-order valence-corrected chi connectivity index (χ0v) is 14.3. The fraction of sp³-hybridized carbons (Fsp3) is 0.667. The third kappa shape index (κ3) is 4.52. The van der Waals surface area contributed by atoms with Gasteiger partial charge in [-0.2, -0.15) is 0 Å². The van der Waals surface area contributed by atoms with Crippen LogP contribution in [0.4, 0.5) is 5.13 Å². The smallest absolute Gasteiger partial charge is 0.358 e. The average molecular weight is 312 g/mol. The SMILES string of the molecule is COC(=O)c1nc(NCC(C(C)C)C(C)C)sc1C(C)=O. The summed E-state index contributed by atoms with van der Waals surface area (Å²) in [4.78, 5) is 27.8. The van der Waals surface area contributed by atoms with Crippen LogP contribution in [-0.2, 0) is 4.74 Å². The molecule has 21 heavy (non-hydrogen) atoms. The largest absolute Gasteiger partial charge is 0.464 e. The van der Waals surface area contributed by atoms with Gasteiger partial charge in [0.1, 0.15) is 4.88 Å². The van der Waals surface area contributed by atoms with Crippen LogP contribution in [0.3, 0.4) is 0 Å². The lowest BCUT2D eigenvalue weighted by Crippen LogP contribution is -2.24. The van der Waals surface area contributed by atoms with E-state index in [2.05, 4.69) is 42.7 Å². The highest BCUT2D eigenvalue weighted by Gasteiger charge is 2.23. The van der Waals surface area contributed by atoms with E-state index < -0.39 is 5.97 Å². The molecule has 0 aliphatic rings. The highest BCUT2D eigenvalue weighted by Crippen LogP contribution is 2.26. The molecule has 0 atom stereocenters. The summed E-state index contributed by atoms with van der Waals surface area (Å²) in [5.74, 6) is 0.838. The van der Waals surface area contributed by atoms with Crippen molar-refractivity contribution in [3.63, 3.8) is 0 Å². The zero-order chi connectivity index (χ0) is 16.2. The van der Waals surface area contributed by atoms with Gasteiger partial charge in [-0.3, -0.25) is 4.79 Å². The highest BCUT2D eigenvalue weighted by atomic mass is 32.1. The van der Waals surface area contributed by atoms with Crippen molar-refractivity contribution in [3.05, 3.63) is 10.6 Å². The topological polar surface area (TPSA) is 68.3 Å². The second kappa shape index (κ2) is 7.54. The molecule has 0 bridgehead atoms. The van der Waals surface area contributed by atoms with Crippen molar-refractivity contribution >= 4 is 28.2 Å². The number of nitrogens with one attached hydrogen (secondary N) is 1. The predicted molar refractivity (Wildman–Crippen MR) is 85.1 cm³/mol. The molecule has 1 aromatic rings. The molecule has 0 radical (unpaired) electrons. The summed E-state index contributed by atoms with van der Waals surface area (Å²) in [6.45, 7) is 10.9. The van der Waals surface area contributed by atoms with Crippen molar-refractivity contribution in [1.29, 1.82) is 0 Å². The Bertz CT molecular complexity index is 501. The molecule has 0 aliphatic heterocycles. The summed E-state index contributed by atoms with van der Waals surface area (Å²) in [5, 5.41) is 3.84. The van der Waals surface area contributed by atoms with Crippen LogP contribution in [0.15, 0.2) is 0 Å². The van der Waals surface area contributed by atoms with Gasteiger partial charge in [0.05, 0.1) is 7.11 Å². The Morgan fingerprint density at radius 1 is 1.24 bits per heavy atom. The first-order valence-corrected chi connectivity index (χ1v) is 7.93. The van der Waals surface area contributed by atoms with Gasteiger partial charge in [-0.1, -0.05) is 39.0 Å². The van der Waals surface area contributed by atoms with Crippen molar-refractivity contribution in [1.82, 2.24) is 4.98 Å². The number of carbonyl (C=O) groups is 2. The predicted octanol–water partition coefficient (Wildman–Crippen LogP) is 3.47. The van der Waals surface area contributed by atoms with E-state index in [0.717, 1.165) is 6.54 Å². The molecule has 0 amide bonds. The van der Waals surface area contributed by atoms with Crippen LogP contribution in [0.25, 0.3) is 0 Å². The van der Waals surface area contributed by atoms with Crippen LogP contribution < -0.4 is 5.32 Å². The quantitative estimate of drug-likeness (QED) is 0.616. The van der Waals surface area contributed by atoms with Crippen molar-refractivity contribution in [3.8, 4) is 0 Å². The van der Waals surface area contributed by atoms with Gasteiger partial charge in [0, 0.05) is 13.5 Å². The van der Waals surface area contributed by atoms with E-state index in [1.54, 1.807) is 0 Å². The standard InChI is InChI=1S/C15H24N2O3S/c1-8(2)11(9(3)4)7-16-15-17-12(14(19)20-6)13(21-15)10(5)18/h8-9,11H,7H2,1-6H3,(H,16,17). The molecule has 1 aromatic heterocycles. The Hall–Kier alpha value is -1.43. The lowest BCUT2D eigenvalue weighted by Gasteiger charge is -2.24. The van der Waals surface area contributed by atoms with E-state index >= 15 is 0 Å². The number of carbonyl (C=O) groups excluding carboxylic acids is 2. The molecule has 0 spiro atoms. The van der Waals surface area contributed by atoms with E-state index in [1.807, 2.05) is 0 Å². The van der Waals surface area contributed by atoms with E-state index in [1.165, 1.54) is 25.4 Å². The third-order valence-corrected chi connectivity index (χ3v) is 4.64. The summed E-state index contributed by atoms with van der Waals surface area (Å²) >= 11 is 1.20. The van der Waals surface area contributed by atoms with Crippen LogP contribution in [0, 0.1) is 17.8 Å². The van der Waals surface area contributed by atoms with Gasteiger partial charge in [0.25, 0.3) is 0 Å². The van der Waals surface area contributed by atoms with Gasteiger partial charge in [0.15, 0.2) is 16.6 Å². The molecule has 1 N–H and O–H groups in total. The summed E-state index contributed by atoms with van der Waals surface area (Å²) in [6, 6.07) is 0. The number of ketones is 1. The molecular formula is C15H24N2O3S. The van der Waals surface area contributed by atoms with E-state index in [4.69, 9.17) is 0 Å². The zero-order valence-electron chi connectivity index (χ0n) is 13.5. The van der Waals surface area contributed by atoms with Crippen molar-refractivity contribution < 1.29 is 14.3 Å². The number of rotatable bonds is 7. The lowest BCUT2D eigenvalue weighted by molar-refractivity contribution is 0.0591.